The standard InChI is InChI=1S/C19H25NS/c1-15-9-7-8-12-18(15)19(17-10-5-4-6-11-17)20-16(2)13-14-21-3/h4-12,16,19-20H,13-14H2,1-3H3. The van der Waals surface area contributed by atoms with Gasteiger partial charge in [-0.2, -0.15) is 11.8 Å². The maximum Gasteiger partial charge on any atom is 0.0581 e. The van der Waals surface area contributed by atoms with E-state index in [4.69, 9.17) is 0 Å². The molecule has 0 aliphatic heterocycles. The van der Waals surface area contributed by atoms with Crippen molar-refractivity contribution in [2.75, 3.05) is 12.0 Å². The predicted molar refractivity (Wildman–Crippen MR) is 95.1 cm³/mol. The summed E-state index contributed by atoms with van der Waals surface area (Å²) >= 11 is 1.91. The van der Waals surface area contributed by atoms with Crippen LogP contribution in [0.25, 0.3) is 0 Å². The van der Waals surface area contributed by atoms with Crippen LogP contribution in [0.5, 0.6) is 0 Å². The Kier molecular flexibility index (Phi) is 6.34. The van der Waals surface area contributed by atoms with E-state index in [2.05, 4.69) is 80.0 Å². The van der Waals surface area contributed by atoms with Gasteiger partial charge in [0.05, 0.1) is 6.04 Å². The predicted octanol–water partition coefficient (Wildman–Crippen LogP) is 4.82. The van der Waals surface area contributed by atoms with Crippen LogP contribution in [0.3, 0.4) is 0 Å². The highest BCUT2D eigenvalue weighted by molar-refractivity contribution is 7.98. The van der Waals surface area contributed by atoms with Gasteiger partial charge in [-0.1, -0.05) is 54.6 Å². The molecule has 2 atom stereocenters. The molecule has 0 bridgehead atoms. The normalized spacial score (nSPS) is 13.9. The highest BCUT2D eigenvalue weighted by Crippen LogP contribution is 2.25. The molecule has 112 valence electrons. The fourth-order valence-corrected chi connectivity index (χ4v) is 3.17. The lowest BCUT2D eigenvalue weighted by Crippen LogP contribution is -2.32. The summed E-state index contributed by atoms with van der Waals surface area (Å²) in [6.07, 6.45) is 3.36. The quantitative estimate of drug-likeness (QED) is 0.787. The smallest absolute Gasteiger partial charge is 0.0581 e. The van der Waals surface area contributed by atoms with E-state index in [1.165, 1.54) is 28.9 Å². The first-order valence-corrected chi connectivity index (χ1v) is 8.97. The molecule has 2 heteroatoms. The van der Waals surface area contributed by atoms with E-state index in [1.54, 1.807) is 0 Å². The van der Waals surface area contributed by atoms with Crippen LogP contribution in [0.15, 0.2) is 54.6 Å². The Hall–Kier alpha value is -1.25. The van der Waals surface area contributed by atoms with Gasteiger partial charge in [-0.15, -0.1) is 0 Å². The molecule has 2 aromatic carbocycles. The molecule has 0 saturated carbocycles. The first-order valence-electron chi connectivity index (χ1n) is 7.58. The van der Waals surface area contributed by atoms with E-state index in [0.29, 0.717) is 6.04 Å². The number of nitrogens with one attached hydrogen (secondary N) is 1. The van der Waals surface area contributed by atoms with Crippen molar-refractivity contribution in [3.63, 3.8) is 0 Å². The Balaban J connectivity index is 2.25. The molecule has 0 aromatic heterocycles. The molecular formula is C19H25NS. The summed E-state index contributed by atoms with van der Waals surface area (Å²) in [6.45, 7) is 4.48. The first-order chi connectivity index (χ1) is 10.2. The summed E-state index contributed by atoms with van der Waals surface area (Å²) in [6, 6.07) is 20.2. The van der Waals surface area contributed by atoms with Gasteiger partial charge in [-0.05, 0) is 49.0 Å². The fourth-order valence-electron chi connectivity index (χ4n) is 2.58. The third kappa shape index (κ3) is 4.62. The van der Waals surface area contributed by atoms with Crippen LogP contribution in [0.1, 0.15) is 36.1 Å². The number of hydrogen-bond acceptors (Lipinski definition) is 2. The van der Waals surface area contributed by atoms with Crippen molar-refractivity contribution >= 4 is 11.8 Å². The zero-order chi connectivity index (χ0) is 15.1. The molecule has 21 heavy (non-hydrogen) atoms. The summed E-state index contributed by atoms with van der Waals surface area (Å²) in [7, 11) is 0. The molecule has 0 aliphatic rings. The van der Waals surface area contributed by atoms with Gasteiger partial charge in [0, 0.05) is 6.04 Å². The Morgan fingerprint density at radius 3 is 2.33 bits per heavy atom. The van der Waals surface area contributed by atoms with Crippen molar-refractivity contribution in [1.29, 1.82) is 0 Å². The minimum absolute atomic E-state index is 0.268. The van der Waals surface area contributed by atoms with E-state index in [9.17, 15) is 0 Å². The Labute approximate surface area is 133 Å². The summed E-state index contributed by atoms with van der Waals surface area (Å²) < 4.78 is 0. The van der Waals surface area contributed by atoms with Crippen LogP contribution in [-0.2, 0) is 0 Å². The van der Waals surface area contributed by atoms with E-state index in [-0.39, 0.29) is 6.04 Å². The van der Waals surface area contributed by atoms with Crippen LogP contribution >= 0.6 is 11.8 Å². The van der Waals surface area contributed by atoms with Gasteiger partial charge in [0.15, 0.2) is 0 Å². The molecule has 0 aliphatic carbocycles. The number of aryl methyl sites for hydroxylation is 1. The van der Waals surface area contributed by atoms with Crippen molar-refractivity contribution in [3.05, 3.63) is 71.3 Å². The molecule has 0 spiro atoms. The minimum Gasteiger partial charge on any atom is -0.304 e. The van der Waals surface area contributed by atoms with Crippen LogP contribution < -0.4 is 5.32 Å². The monoisotopic (exact) mass is 299 g/mol. The van der Waals surface area contributed by atoms with Crippen molar-refractivity contribution in [3.8, 4) is 0 Å². The average Bonchev–Trinajstić information content (AvgIpc) is 2.52. The summed E-state index contributed by atoms with van der Waals surface area (Å²) in [5, 5.41) is 3.81. The van der Waals surface area contributed by atoms with Gasteiger partial charge < -0.3 is 5.32 Å². The molecule has 1 nitrogen and oxygen atoms in total. The molecule has 0 fully saturated rings. The van der Waals surface area contributed by atoms with Crippen molar-refractivity contribution in [2.45, 2.75) is 32.4 Å². The third-order valence-corrected chi connectivity index (χ3v) is 4.48. The molecule has 0 radical (unpaired) electrons. The van der Waals surface area contributed by atoms with Crippen LogP contribution in [0.4, 0.5) is 0 Å². The zero-order valence-corrected chi connectivity index (χ0v) is 14.0. The van der Waals surface area contributed by atoms with Crippen molar-refractivity contribution in [2.24, 2.45) is 0 Å². The molecular weight excluding hydrogens is 274 g/mol. The van der Waals surface area contributed by atoms with E-state index >= 15 is 0 Å². The maximum absolute atomic E-state index is 3.81. The van der Waals surface area contributed by atoms with Crippen LogP contribution in [-0.4, -0.2) is 18.1 Å². The zero-order valence-electron chi connectivity index (χ0n) is 13.2. The second-order valence-electron chi connectivity index (χ2n) is 5.55. The van der Waals surface area contributed by atoms with E-state index in [0.717, 1.165) is 0 Å². The molecule has 0 saturated heterocycles. The van der Waals surface area contributed by atoms with Gasteiger partial charge in [0.2, 0.25) is 0 Å². The minimum atomic E-state index is 0.268. The topological polar surface area (TPSA) is 12.0 Å². The fraction of sp³-hybridized carbons (Fsp3) is 0.368. The molecule has 2 unspecified atom stereocenters. The highest BCUT2D eigenvalue weighted by Gasteiger charge is 2.17. The number of rotatable bonds is 7. The SMILES string of the molecule is CSCCC(C)NC(c1ccccc1)c1ccccc1C. The molecule has 2 aromatic rings. The van der Waals surface area contributed by atoms with Gasteiger partial charge in [0.1, 0.15) is 0 Å². The number of hydrogen-bond donors (Lipinski definition) is 1. The summed E-state index contributed by atoms with van der Waals surface area (Å²) in [5.74, 6) is 1.20. The number of benzene rings is 2. The lowest BCUT2D eigenvalue weighted by atomic mass is 9.94. The van der Waals surface area contributed by atoms with Crippen molar-refractivity contribution in [1.82, 2.24) is 5.32 Å². The second-order valence-corrected chi connectivity index (χ2v) is 6.54. The van der Waals surface area contributed by atoms with Crippen molar-refractivity contribution < 1.29 is 0 Å². The lowest BCUT2D eigenvalue weighted by Gasteiger charge is -2.25. The summed E-state index contributed by atoms with van der Waals surface area (Å²) in [4.78, 5) is 0. The van der Waals surface area contributed by atoms with Gasteiger partial charge in [-0.25, -0.2) is 0 Å². The van der Waals surface area contributed by atoms with Gasteiger partial charge >= 0.3 is 0 Å². The number of thioether (sulfide) groups is 1. The van der Waals surface area contributed by atoms with Crippen LogP contribution in [0.2, 0.25) is 0 Å². The van der Waals surface area contributed by atoms with E-state index < -0.39 is 0 Å². The van der Waals surface area contributed by atoms with Gasteiger partial charge in [0.25, 0.3) is 0 Å². The molecule has 0 amide bonds. The highest BCUT2D eigenvalue weighted by atomic mass is 32.2. The third-order valence-electron chi connectivity index (χ3n) is 3.84. The second kappa shape index (κ2) is 8.26. The molecule has 1 N–H and O–H groups in total. The van der Waals surface area contributed by atoms with E-state index in [1.807, 2.05) is 11.8 Å². The lowest BCUT2D eigenvalue weighted by molar-refractivity contribution is 0.489. The first kappa shape index (κ1) is 16.1. The Morgan fingerprint density at radius 2 is 1.67 bits per heavy atom. The summed E-state index contributed by atoms with van der Waals surface area (Å²) in [5.41, 5.74) is 4.05. The average molecular weight is 299 g/mol. The van der Waals surface area contributed by atoms with Crippen LogP contribution in [0, 0.1) is 6.92 Å². The molecule has 2 rings (SSSR count). The van der Waals surface area contributed by atoms with Gasteiger partial charge in [-0.3, -0.25) is 0 Å². The largest absolute Gasteiger partial charge is 0.304 e. The maximum atomic E-state index is 3.81. The molecule has 0 heterocycles. The Bertz CT molecular complexity index is 538. The Morgan fingerprint density at radius 1 is 1.00 bits per heavy atom.